The molecule has 3 rings (SSSR count). The van der Waals surface area contributed by atoms with Gasteiger partial charge in [-0.2, -0.15) is 0 Å². The molecule has 1 aromatic carbocycles. The summed E-state index contributed by atoms with van der Waals surface area (Å²) < 4.78 is 0. The van der Waals surface area contributed by atoms with Crippen LogP contribution in [0.2, 0.25) is 0 Å². The van der Waals surface area contributed by atoms with Crippen LogP contribution in [-0.2, 0) is 6.54 Å². The second-order valence-electron chi connectivity index (χ2n) is 3.85. The molecule has 0 aliphatic heterocycles. The molecule has 0 saturated carbocycles. The minimum absolute atomic E-state index is 0.473. The number of H-pyrrole nitrogens is 1. The van der Waals surface area contributed by atoms with Gasteiger partial charge in [0.2, 0.25) is 0 Å². The molecule has 0 amide bonds. The third-order valence-electron chi connectivity index (χ3n) is 2.65. The predicted octanol–water partition coefficient (Wildman–Crippen LogP) is 2.57. The fourth-order valence-corrected chi connectivity index (χ4v) is 2.62. The van der Waals surface area contributed by atoms with Gasteiger partial charge in [-0.15, -0.1) is 0 Å². The third kappa shape index (κ3) is 2.10. The van der Waals surface area contributed by atoms with Crippen LogP contribution in [0.5, 0.6) is 0 Å². The summed E-state index contributed by atoms with van der Waals surface area (Å²) in [6.45, 7) is 0.473. The van der Waals surface area contributed by atoms with Crippen LogP contribution in [0.4, 0.5) is 0 Å². The van der Waals surface area contributed by atoms with Gasteiger partial charge in [0.15, 0.2) is 5.16 Å². The second-order valence-corrected chi connectivity index (χ2v) is 4.82. The number of rotatable bonds is 3. The van der Waals surface area contributed by atoms with Gasteiger partial charge in [0, 0.05) is 24.3 Å². The zero-order valence-corrected chi connectivity index (χ0v) is 10.4. The Bertz CT molecular complexity index is 664. The molecule has 0 radical (unpaired) electrons. The number of fused-ring (bicyclic) bond motifs is 1. The largest absolute Gasteiger partial charge is 0.339 e. The summed E-state index contributed by atoms with van der Waals surface area (Å²) in [6.07, 6.45) is 3.52. The first-order valence-corrected chi connectivity index (χ1v) is 6.44. The number of aromatic nitrogens is 3. The Hall–Kier alpha value is -1.85. The molecule has 90 valence electrons. The average Bonchev–Trinajstić information content (AvgIpc) is 2.91. The molecule has 0 saturated heterocycles. The van der Waals surface area contributed by atoms with Crippen molar-refractivity contribution in [3.63, 3.8) is 0 Å². The fraction of sp³-hybridized carbons (Fsp3) is 0.0769. The summed E-state index contributed by atoms with van der Waals surface area (Å²) >= 11 is 1.50. The van der Waals surface area contributed by atoms with Gasteiger partial charge in [0.05, 0.1) is 5.52 Å². The molecule has 4 nitrogen and oxygen atoms in total. The number of para-hydroxylation sites is 1. The maximum atomic E-state index is 5.79. The maximum absolute atomic E-state index is 5.79. The quantitative estimate of drug-likeness (QED) is 0.755. The van der Waals surface area contributed by atoms with Crippen LogP contribution >= 0.6 is 11.8 Å². The van der Waals surface area contributed by atoms with Gasteiger partial charge in [-0.25, -0.2) is 9.97 Å². The van der Waals surface area contributed by atoms with E-state index in [1.807, 2.05) is 24.3 Å². The molecule has 3 N–H and O–H groups in total. The van der Waals surface area contributed by atoms with Crippen molar-refractivity contribution in [2.45, 2.75) is 16.7 Å². The number of hydrogen-bond donors (Lipinski definition) is 2. The maximum Gasteiger partial charge on any atom is 0.171 e. The molecule has 2 heterocycles. The van der Waals surface area contributed by atoms with Crippen molar-refractivity contribution < 1.29 is 0 Å². The molecule has 5 heteroatoms. The molecule has 0 unspecified atom stereocenters. The van der Waals surface area contributed by atoms with Gasteiger partial charge in [0.1, 0.15) is 5.03 Å². The Morgan fingerprint density at radius 3 is 2.94 bits per heavy atom. The lowest BCUT2D eigenvalue weighted by Gasteiger charge is -2.07. The molecule has 0 atom stereocenters. The zero-order valence-electron chi connectivity index (χ0n) is 9.63. The van der Waals surface area contributed by atoms with Crippen molar-refractivity contribution >= 4 is 22.7 Å². The van der Waals surface area contributed by atoms with Gasteiger partial charge >= 0.3 is 0 Å². The topological polar surface area (TPSA) is 67.6 Å². The number of pyridine rings is 1. The van der Waals surface area contributed by atoms with Crippen LogP contribution in [0.3, 0.4) is 0 Å². The molecular formula is C13H12N4S. The summed E-state index contributed by atoms with van der Waals surface area (Å²) in [5.41, 5.74) is 7.80. The molecule has 0 spiro atoms. The Kier molecular flexibility index (Phi) is 3.00. The summed E-state index contributed by atoms with van der Waals surface area (Å²) in [7, 11) is 0. The number of benzene rings is 1. The van der Waals surface area contributed by atoms with E-state index >= 15 is 0 Å². The molecule has 0 aliphatic rings. The highest BCUT2D eigenvalue weighted by Crippen LogP contribution is 2.28. The van der Waals surface area contributed by atoms with E-state index in [4.69, 9.17) is 5.73 Å². The Balaban J connectivity index is 2.09. The number of hydrogen-bond acceptors (Lipinski definition) is 4. The van der Waals surface area contributed by atoms with Crippen molar-refractivity contribution in [2.75, 3.05) is 0 Å². The summed E-state index contributed by atoms with van der Waals surface area (Å²) in [4.78, 5) is 11.9. The second kappa shape index (κ2) is 4.80. The molecule has 0 aliphatic carbocycles. The SMILES string of the molecule is NCc1cc2ccccc2nc1Sc1ncc[nH]1. The van der Waals surface area contributed by atoms with Crippen LogP contribution in [0, 0.1) is 0 Å². The summed E-state index contributed by atoms with van der Waals surface area (Å²) in [5.74, 6) is 0. The highest BCUT2D eigenvalue weighted by molar-refractivity contribution is 7.99. The van der Waals surface area contributed by atoms with E-state index in [1.165, 1.54) is 11.8 Å². The Morgan fingerprint density at radius 1 is 1.28 bits per heavy atom. The van der Waals surface area contributed by atoms with Crippen LogP contribution < -0.4 is 5.73 Å². The number of nitrogens with one attached hydrogen (secondary N) is 1. The monoisotopic (exact) mass is 256 g/mol. The Morgan fingerprint density at radius 2 is 2.17 bits per heavy atom. The first-order chi connectivity index (χ1) is 8.86. The van der Waals surface area contributed by atoms with Crippen molar-refractivity contribution in [1.82, 2.24) is 15.0 Å². The van der Waals surface area contributed by atoms with E-state index < -0.39 is 0 Å². The number of imidazole rings is 1. The van der Waals surface area contributed by atoms with E-state index in [0.717, 1.165) is 26.6 Å². The normalized spacial score (nSPS) is 10.9. The van der Waals surface area contributed by atoms with Crippen molar-refractivity contribution in [3.8, 4) is 0 Å². The number of aromatic amines is 1. The standard InChI is InChI=1S/C13H12N4S/c14-8-10-7-9-3-1-2-4-11(9)17-12(10)18-13-15-5-6-16-13/h1-7H,8,14H2,(H,15,16). The van der Waals surface area contributed by atoms with E-state index in [9.17, 15) is 0 Å². The van der Waals surface area contributed by atoms with Gasteiger partial charge in [0.25, 0.3) is 0 Å². The Labute approximate surface area is 109 Å². The first-order valence-electron chi connectivity index (χ1n) is 5.63. The van der Waals surface area contributed by atoms with E-state index in [1.54, 1.807) is 12.4 Å². The smallest absolute Gasteiger partial charge is 0.171 e. The lowest BCUT2D eigenvalue weighted by Crippen LogP contribution is -2.00. The van der Waals surface area contributed by atoms with Crippen LogP contribution in [0.1, 0.15) is 5.56 Å². The molecule has 0 fully saturated rings. The predicted molar refractivity (Wildman–Crippen MR) is 72.3 cm³/mol. The van der Waals surface area contributed by atoms with E-state index in [2.05, 4.69) is 21.0 Å². The van der Waals surface area contributed by atoms with E-state index in [-0.39, 0.29) is 0 Å². The summed E-state index contributed by atoms with van der Waals surface area (Å²) in [6, 6.07) is 10.1. The van der Waals surface area contributed by atoms with Gasteiger partial charge in [-0.05, 0) is 29.5 Å². The highest BCUT2D eigenvalue weighted by Gasteiger charge is 2.08. The van der Waals surface area contributed by atoms with Gasteiger partial charge in [-0.3, -0.25) is 0 Å². The highest BCUT2D eigenvalue weighted by atomic mass is 32.2. The molecule has 18 heavy (non-hydrogen) atoms. The third-order valence-corrected chi connectivity index (χ3v) is 3.61. The van der Waals surface area contributed by atoms with Crippen LogP contribution in [0.15, 0.2) is 52.9 Å². The molecule has 3 aromatic rings. The molecule has 2 aromatic heterocycles. The van der Waals surface area contributed by atoms with Gasteiger partial charge in [-0.1, -0.05) is 18.2 Å². The van der Waals surface area contributed by atoms with Crippen molar-refractivity contribution in [2.24, 2.45) is 5.73 Å². The molecule has 0 bridgehead atoms. The van der Waals surface area contributed by atoms with Gasteiger partial charge < -0.3 is 10.7 Å². The van der Waals surface area contributed by atoms with E-state index in [0.29, 0.717) is 6.54 Å². The van der Waals surface area contributed by atoms with Crippen molar-refractivity contribution in [1.29, 1.82) is 0 Å². The minimum atomic E-state index is 0.473. The minimum Gasteiger partial charge on any atom is -0.339 e. The lowest BCUT2D eigenvalue weighted by atomic mass is 10.1. The fourth-order valence-electron chi connectivity index (χ4n) is 1.77. The lowest BCUT2D eigenvalue weighted by molar-refractivity contribution is 0.971. The van der Waals surface area contributed by atoms with Crippen LogP contribution in [-0.4, -0.2) is 15.0 Å². The first kappa shape index (κ1) is 11.3. The number of nitrogens with two attached hydrogens (primary N) is 1. The zero-order chi connectivity index (χ0) is 12.4. The average molecular weight is 256 g/mol. The number of nitrogens with zero attached hydrogens (tertiary/aromatic N) is 2. The van der Waals surface area contributed by atoms with Crippen LogP contribution in [0.25, 0.3) is 10.9 Å². The van der Waals surface area contributed by atoms with Crippen molar-refractivity contribution in [3.05, 3.63) is 48.3 Å². The summed E-state index contributed by atoms with van der Waals surface area (Å²) in [5, 5.41) is 2.85. The molecular weight excluding hydrogens is 244 g/mol.